The minimum atomic E-state index is -2.64. The van der Waals surface area contributed by atoms with Gasteiger partial charge in [-0.25, -0.2) is 0 Å². The van der Waals surface area contributed by atoms with Gasteiger partial charge in [-0.2, -0.15) is 0 Å². The van der Waals surface area contributed by atoms with Crippen molar-refractivity contribution >= 4 is 26.4 Å². The van der Waals surface area contributed by atoms with E-state index < -0.39 is 26.4 Å². The standard InChI is InChI=1S/C19H47NO9Si3/c1-21-30(22-2,23-3)16-10-13-19(20,14-11-17-31(24-4,25-5)26-6)15-12-18-32(27-7,28-8)29-9/h10-18,20H2,1-9H3. The second-order valence-corrected chi connectivity index (χ2v) is 17.1. The SMILES string of the molecule is CO[Si](CCCC(N)(CCC[Si](OC)(OC)OC)CCC[Si](OC)(OC)OC)(OC)OC. The number of nitrogens with two attached hydrogens (primary N) is 1. The Bertz CT molecular complexity index is 390. The van der Waals surface area contributed by atoms with Crippen LogP contribution in [-0.2, 0) is 39.8 Å². The lowest BCUT2D eigenvalue weighted by Crippen LogP contribution is -2.46. The Morgan fingerprint density at radius 3 is 0.781 bits per heavy atom. The van der Waals surface area contributed by atoms with Gasteiger partial charge in [0.25, 0.3) is 0 Å². The summed E-state index contributed by atoms with van der Waals surface area (Å²) in [5.74, 6) is 0. The molecule has 0 fully saturated rings. The van der Waals surface area contributed by atoms with Crippen molar-refractivity contribution in [1.82, 2.24) is 0 Å². The van der Waals surface area contributed by atoms with Crippen LogP contribution < -0.4 is 5.73 Å². The molecule has 32 heavy (non-hydrogen) atoms. The van der Waals surface area contributed by atoms with E-state index in [4.69, 9.17) is 45.6 Å². The van der Waals surface area contributed by atoms with Gasteiger partial charge >= 0.3 is 26.4 Å². The lowest BCUT2D eigenvalue weighted by Gasteiger charge is -2.33. The van der Waals surface area contributed by atoms with E-state index in [1.165, 1.54) is 0 Å². The summed E-state index contributed by atoms with van der Waals surface area (Å²) < 4.78 is 50.0. The molecule has 0 aliphatic heterocycles. The number of hydrogen-bond donors (Lipinski definition) is 1. The first-order valence-electron chi connectivity index (χ1n) is 10.9. The highest BCUT2D eigenvalue weighted by atomic mass is 28.4. The summed E-state index contributed by atoms with van der Waals surface area (Å²) in [6, 6.07) is 2.11. The van der Waals surface area contributed by atoms with E-state index in [2.05, 4.69) is 0 Å². The maximum atomic E-state index is 6.94. The summed E-state index contributed by atoms with van der Waals surface area (Å²) >= 11 is 0. The molecule has 0 saturated carbocycles. The van der Waals surface area contributed by atoms with E-state index in [0.717, 1.165) is 38.5 Å². The smallest absolute Gasteiger partial charge is 0.377 e. The Hall–Kier alpha value is 0.251. The van der Waals surface area contributed by atoms with Crippen LogP contribution >= 0.6 is 0 Å². The summed E-state index contributed by atoms with van der Waals surface area (Å²) in [5, 5.41) is 0. The Morgan fingerprint density at radius 2 is 0.625 bits per heavy atom. The maximum absolute atomic E-state index is 6.94. The van der Waals surface area contributed by atoms with Crippen molar-refractivity contribution in [3.63, 3.8) is 0 Å². The van der Waals surface area contributed by atoms with E-state index in [1.807, 2.05) is 0 Å². The number of hydrogen-bond acceptors (Lipinski definition) is 10. The van der Waals surface area contributed by atoms with Gasteiger partial charge in [0.15, 0.2) is 0 Å². The summed E-state index contributed by atoms with van der Waals surface area (Å²) in [4.78, 5) is 0. The first kappa shape index (κ1) is 32.3. The molecule has 0 aromatic carbocycles. The zero-order valence-electron chi connectivity index (χ0n) is 21.6. The van der Waals surface area contributed by atoms with Crippen LogP contribution in [-0.4, -0.2) is 95.9 Å². The van der Waals surface area contributed by atoms with Crippen LogP contribution in [0.4, 0.5) is 0 Å². The van der Waals surface area contributed by atoms with Crippen molar-refractivity contribution < 1.29 is 39.8 Å². The Morgan fingerprint density at radius 1 is 0.438 bits per heavy atom. The van der Waals surface area contributed by atoms with Crippen LogP contribution in [0.1, 0.15) is 38.5 Å². The van der Waals surface area contributed by atoms with Crippen molar-refractivity contribution in [3.05, 3.63) is 0 Å². The van der Waals surface area contributed by atoms with E-state index in [1.54, 1.807) is 64.0 Å². The minimum absolute atomic E-state index is 0.389. The lowest BCUT2D eigenvalue weighted by molar-refractivity contribution is 0.119. The van der Waals surface area contributed by atoms with Crippen LogP contribution in [0.15, 0.2) is 0 Å². The fourth-order valence-corrected chi connectivity index (χ4v) is 9.18. The van der Waals surface area contributed by atoms with Crippen LogP contribution in [0, 0.1) is 0 Å². The molecule has 2 N–H and O–H groups in total. The van der Waals surface area contributed by atoms with Gasteiger partial charge < -0.3 is 45.6 Å². The van der Waals surface area contributed by atoms with Gasteiger partial charge in [0.05, 0.1) is 0 Å². The van der Waals surface area contributed by atoms with Gasteiger partial charge in [-0.05, 0) is 38.5 Å². The molecular formula is C19H47NO9Si3. The van der Waals surface area contributed by atoms with Crippen LogP contribution in [0.5, 0.6) is 0 Å². The Balaban J connectivity index is 5.18. The van der Waals surface area contributed by atoms with Crippen molar-refractivity contribution in [2.24, 2.45) is 5.73 Å². The van der Waals surface area contributed by atoms with Crippen molar-refractivity contribution in [3.8, 4) is 0 Å². The largest absolute Gasteiger partial charge is 0.500 e. The first-order chi connectivity index (χ1) is 15.2. The minimum Gasteiger partial charge on any atom is -0.377 e. The Kier molecular flexibility index (Phi) is 16.1. The third-order valence-corrected chi connectivity index (χ3v) is 14.8. The highest BCUT2D eigenvalue weighted by molar-refractivity contribution is 6.61. The normalized spacial score (nSPS) is 13.7. The van der Waals surface area contributed by atoms with Crippen LogP contribution in [0.2, 0.25) is 18.1 Å². The molecule has 10 nitrogen and oxygen atoms in total. The predicted octanol–water partition coefficient (Wildman–Crippen LogP) is 2.66. The third-order valence-electron chi connectivity index (χ3n) is 6.27. The molecule has 0 aromatic rings. The molecular weight excluding hydrogens is 470 g/mol. The summed E-state index contributed by atoms with van der Waals surface area (Å²) in [6.07, 6.45) is 4.92. The van der Waals surface area contributed by atoms with Gasteiger partial charge in [-0.3, -0.25) is 0 Å². The van der Waals surface area contributed by atoms with Crippen molar-refractivity contribution in [2.75, 3.05) is 64.0 Å². The molecule has 13 heteroatoms. The zero-order chi connectivity index (χ0) is 24.7. The van der Waals surface area contributed by atoms with E-state index >= 15 is 0 Å². The quantitative estimate of drug-likeness (QED) is 0.228. The summed E-state index contributed by atoms with van der Waals surface area (Å²) in [7, 11) is 6.75. The molecule has 0 bridgehead atoms. The second kappa shape index (κ2) is 16.0. The fraction of sp³-hybridized carbons (Fsp3) is 1.00. The molecule has 0 heterocycles. The summed E-state index contributed by atoms with van der Waals surface area (Å²) in [6.45, 7) is 0. The van der Waals surface area contributed by atoms with Crippen molar-refractivity contribution in [1.29, 1.82) is 0 Å². The average Bonchev–Trinajstić information content (AvgIpc) is 2.83. The molecule has 0 unspecified atom stereocenters. The average molecular weight is 518 g/mol. The molecule has 0 amide bonds. The van der Waals surface area contributed by atoms with Crippen molar-refractivity contribution in [2.45, 2.75) is 62.2 Å². The molecule has 0 spiro atoms. The fourth-order valence-electron chi connectivity index (χ4n) is 4.01. The van der Waals surface area contributed by atoms with E-state index in [-0.39, 0.29) is 5.54 Å². The highest BCUT2D eigenvalue weighted by Crippen LogP contribution is 2.30. The predicted molar refractivity (Wildman–Crippen MR) is 129 cm³/mol. The Labute approximate surface area is 198 Å². The van der Waals surface area contributed by atoms with Crippen LogP contribution in [0.25, 0.3) is 0 Å². The monoisotopic (exact) mass is 517 g/mol. The van der Waals surface area contributed by atoms with Gasteiger partial charge in [0.2, 0.25) is 0 Å². The molecule has 0 saturated heterocycles. The third kappa shape index (κ3) is 9.85. The molecule has 0 radical (unpaired) electrons. The molecule has 0 aromatic heterocycles. The highest BCUT2D eigenvalue weighted by Gasteiger charge is 2.41. The second-order valence-electron chi connectivity index (χ2n) is 7.81. The summed E-state index contributed by atoms with van der Waals surface area (Å²) in [5.41, 5.74) is 6.55. The number of rotatable bonds is 21. The van der Waals surface area contributed by atoms with Gasteiger partial charge in [0.1, 0.15) is 0 Å². The van der Waals surface area contributed by atoms with Gasteiger partial charge in [-0.1, -0.05) is 0 Å². The zero-order valence-corrected chi connectivity index (χ0v) is 24.6. The maximum Gasteiger partial charge on any atom is 0.500 e. The molecule has 0 rings (SSSR count). The molecule has 0 aliphatic rings. The van der Waals surface area contributed by atoms with Gasteiger partial charge in [0, 0.05) is 87.7 Å². The first-order valence-corrected chi connectivity index (χ1v) is 16.7. The molecule has 194 valence electrons. The van der Waals surface area contributed by atoms with E-state index in [0.29, 0.717) is 18.1 Å². The van der Waals surface area contributed by atoms with Crippen LogP contribution in [0.3, 0.4) is 0 Å². The molecule has 0 aliphatic carbocycles. The van der Waals surface area contributed by atoms with E-state index in [9.17, 15) is 0 Å². The topological polar surface area (TPSA) is 109 Å². The van der Waals surface area contributed by atoms with Gasteiger partial charge in [-0.15, -0.1) is 0 Å². The molecule has 0 atom stereocenters. The lowest BCUT2D eigenvalue weighted by atomic mass is 9.85.